The van der Waals surface area contributed by atoms with Gasteiger partial charge in [-0.1, -0.05) is 44.2 Å². The molecule has 0 radical (unpaired) electrons. The summed E-state index contributed by atoms with van der Waals surface area (Å²) in [7, 11) is 3.39. The van der Waals surface area contributed by atoms with E-state index >= 15 is 0 Å². The van der Waals surface area contributed by atoms with Gasteiger partial charge in [0.1, 0.15) is 0 Å². The molecule has 0 saturated carbocycles. The van der Waals surface area contributed by atoms with Crippen molar-refractivity contribution in [3.8, 4) is 0 Å². The van der Waals surface area contributed by atoms with Crippen molar-refractivity contribution < 1.29 is 0 Å². The van der Waals surface area contributed by atoms with E-state index in [1.807, 2.05) is 0 Å². The highest BCUT2D eigenvalue weighted by atomic mass is 15.1. The van der Waals surface area contributed by atoms with Crippen LogP contribution in [0.2, 0.25) is 0 Å². The van der Waals surface area contributed by atoms with Gasteiger partial charge >= 0.3 is 0 Å². The maximum absolute atomic E-state index is 2.56. The van der Waals surface area contributed by atoms with E-state index in [1.165, 1.54) is 18.4 Å². The first-order valence-electron chi connectivity index (χ1n) is 6.09. The van der Waals surface area contributed by atoms with Gasteiger partial charge in [-0.25, -0.2) is 0 Å². The molecule has 0 saturated heterocycles. The third kappa shape index (κ3) is 3.75. The van der Waals surface area contributed by atoms with Crippen LogP contribution in [-0.4, -0.2) is 25.9 Å². The topological polar surface area (TPSA) is 3.24 Å². The number of hydrogen-bond donors (Lipinski definition) is 0. The van der Waals surface area contributed by atoms with E-state index in [0.717, 1.165) is 19.9 Å². The Morgan fingerprint density at radius 2 is 1.80 bits per heavy atom. The summed E-state index contributed by atoms with van der Waals surface area (Å²) in [6.07, 6.45) is 2.49. The Morgan fingerprint density at radius 3 is 2.27 bits per heavy atom. The van der Waals surface area contributed by atoms with Crippen molar-refractivity contribution in [1.29, 1.82) is 0 Å². The van der Waals surface area contributed by atoms with E-state index in [0.29, 0.717) is 0 Å². The molecule has 0 aliphatic carbocycles. The third-order valence-corrected chi connectivity index (χ3v) is 3.09. The monoisotopic (exact) mass is 201 g/mol. The van der Waals surface area contributed by atoms with E-state index in [9.17, 15) is 0 Å². The Balaban J connectivity index is 2.61. The van der Waals surface area contributed by atoms with Crippen molar-refractivity contribution in [2.45, 2.75) is 39.3 Å². The molecule has 0 aliphatic rings. The molecule has 1 aromatic rings. The Morgan fingerprint density at radius 1 is 1.20 bits per heavy atom. The summed E-state index contributed by atoms with van der Waals surface area (Å²) in [5.74, 6) is 0. The zero-order valence-corrected chi connectivity index (χ0v) is 10.2. The van der Waals surface area contributed by atoms with Crippen LogP contribution < -0.4 is 0 Å². The quantitative estimate of drug-likeness (QED) is 0.631. The van der Waals surface area contributed by atoms with E-state index < -0.39 is 0 Å². The van der Waals surface area contributed by atoms with E-state index in [4.69, 9.17) is 0 Å². The molecule has 0 unspecified atom stereocenters. The second-order valence-electron chi connectivity index (χ2n) is 4.02. The number of hydrogen-bond acceptors (Lipinski definition) is 1. The van der Waals surface area contributed by atoms with E-state index in [-0.39, 0.29) is 0 Å². The molecule has 1 rings (SSSR count). The van der Waals surface area contributed by atoms with Crippen LogP contribution in [-0.2, 0) is 6.54 Å². The maximum Gasteiger partial charge on any atom is 0.162 e. The molecule has 1 aromatic carbocycles. The fourth-order valence-corrected chi connectivity index (χ4v) is 2.12. The second-order valence-corrected chi connectivity index (χ2v) is 4.02. The summed E-state index contributed by atoms with van der Waals surface area (Å²) in [4.78, 5) is 2.56. The summed E-state index contributed by atoms with van der Waals surface area (Å²) in [5, 5.41) is 0. The van der Waals surface area contributed by atoms with E-state index in [1.54, 1.807) is 0 Å². The van der Waals surface area contributed by atoms with Crippen molar-refractivity contribution in [2.75, 3.05) is 0 Å². The Labute approximate surface area is 95.5 Å². The summed E-state index contributed by atoms with van der Waals surface area (Å²) >= 11 is 0. The summed E-state index contributed by atoms with van der Waals surface area (Å²) in [6, 6.07) is 11.5. The average molecular weight is 201 g/mol. The normalized spacial score (nSPS) is 10.9. The van der Waals surface area contributed by atoms with E-state index in [2.05, 4.69) is 56.7 Å². The van der Waals surface area contributed by atoms with Crippen LogP contribution in [0.15, 0.2) is 30.3 Å². The van der Waals surface area contributed by atoms with Gasteiger partial charge in [-0.15, -0.1) is 0 Å². The zero-order chi connectivity index (χ0) is 11.1. The Bertz CT molecular complexity index is 260. The van der Waals surface area contributed by atoms with Crippen molar-refractivity contribution >= 4 is 15.0 Å². The van der Waals surface area contributed by atoms with Gasteiger partial charge in [0, 0.05) is 6.54 Å². The molecule has 0 atom stereocenters. The molecule has 0 spiro atoms. The minimum absolute atomic E-state index is 0.732. The van der Waals surface area contributed by atoms with Crippen molar-refractivity contribution in [3.05, 3.63) is 35.9 Å². The number of nitrogens with zero attached hydrogens (tertiary/aromatic N) is 1. The Hall–Kier alpha value is -0.690. The van der Waals surface area contributed by atoms with Gasteiger partial charge in [-0.3, -0.25) is 0 Å². The summed E-state index contributed by atoms with van der Waals surface area (Å²) in [6.45, 7) is 5.65. The molecule has 1 nitrogen and oxygen atoms in total. The van der Waals surface area contributed by atoms with Crippen LogP contribution in [0.3, 0.4) is 0 Å². The molecule has 0 bridgehead atoms. The molecule has 0 aliphatic heterocycles. The third-order valence-electron chi connectivity index (χ3n) is 3.09. The molecule has 3 heteroatoms. The van der Waals surface area contributed by atoms with Gasteiger partial charge in [-0.2, -0.15) is 0 Å². The predicted octanol–water partition coefficient (Wildman–Crippen LogP) is 1.58. The lowest BCUT2D eigenvalue weighted by atomic mass is 9.64. The minimum Gasteiger partial charge on any atom is -0.347 e. The van der Waals surface area contributed by atoms with Crippen LogP contribution in [0.4, 0.5) is 0 Å². The summed E-state index contributed by atoms with van der Waals surface area (Å²) < 4.78 is 0. The first-order chi connectivity index (χ1) is 7.31. The highest BCUT2D eigenvalue weighted by Crippen LogP contribution is 2.11. The highest BCUT2D eigenvalue weighted by Gasteiger charge is 2.13. The molecular formula is C12H21B2N. The molecular weight excluding hydrogens is 180 g/mol. The second kappa shape index (κ2) is 6.73. The molecule has 0 fully saturated rings. The smallest absolute Gasteiger partial charge is 0.162 e. The standard InChI is InChI=1S/C12H21B2N/c1-3-12(4-2)15(14-13)10-11-8-6-5-7-9-11/h5-9,12,14H,3-4,10,13H2,1-2H3. The SMILES string of the molecule is BBN(Cc1ccccc1)C(CC)CC. The van der Waals surface area contributed by atoms with Crippen LogP contribution in [0, 0.1) is 0 Å². The lowest BCUT2D eigenvalue weighted by Crippen LogP contribution is -2.37. The van der Waals surface area contributed by atoms with Gasteiger partial charge in [0.25, 0.3) is 0 Å². The van der Waals surface area contributed by atoms with Gasteiger partial charge in [-0.05, 0) is 24.4 Å². The van der Waals surface area contributed by atoms with Gasteiger partial charge in [0.15, 0.2) is 7.31 Å². The maximum atomic E-state index is 2.56. The van der Waals surface area contributed by atoms with Crippen molar-refractivity contribution in [1.82, 2.24) is 4.81 Å². The molecule has 15 heavy (non-hydrogen) atoms. The largest absolute Gasteiger partial charge is 0.347 e. The predicted molar refractivity (Wildman–Crippen MR) is 72.0 cm³/mol. The number of rotatable bonds is 6. The molecule has 0 aromatic heterocycles. The Kier molecular flexibility index (Phi) is 5.56. The lowest BCUT2D eigenvalue weighted by Gasteiger charge is -2.29. The zero-order valence-electron chi connectivity index (χ0n) is 10.2. The molecule has 0 amide bonds. The van der Waals surface area contributed by atoms with Gasteiger partial charge in [0.2, 0.25) is 0 Å². The van der Waals surface area contributed by atoms with Crippen LogP contribution in [0.25, 0.3) is 0 Å². The van der Waals surface area contributed by atoms with Crippen LogP contribution >= 0.6 is 0 Å². The molecule has 0 heterocycles. The average Bonchev–Trinajstić information content (AvgIpc) is 2.30. The van der Waals surface area contributed by atoms with Crippen molar-refractivity contribution in [3.63, 3.8) is 0 Å². The lowest BCUT2D eigenvalue weighted by molar-refractivity contribution is 0.311. The first-order valence-corrected chi connectivity index (χ1v) is 6.09. The van der Waals surface area contributed by atoms with Crippen LogP contribution in [0.5, 0.6) is 0 Å². The fourth-order valence-electron chi connectivity index (χ4n) is 2.12. The molecule has 80 valence electrons. The summed E-state index contributed by atoms with van der Waals surface area (Å²) in [5.41, 5.74) is 1.42. The van der Waals surface area contributed by atoms with Gasteiger partial charge in [0.05, 0.1) is 7.74 Å². The minimum atomic E-state index is 0.732. The highest BCUT2D eigenvalue weighted by molar-refractivity contribution is 6.87. The number of benzene rings is 1. The first kappa shape index (κ1) is 12.4. The fraction of sp³-hybridized carbons (Fsp3) is 0.500. The van der Waals surface area contributed by atoms with Gasteiger partial charge < -0.3 is 4.81 Å². The van der Waals surface area contributed by atoms with Crippen molar-refractivity contribution in [2.24, 2.45) is 0 Å². The van der Waals surface area contributed by atoms with Crippen LogP contribution in [0.1, 0.15) is 32.3 Å². The molecule has 0 N–H and O–H groups in total.